The van der Waals surface area contributed by atoms with Gasteiger partial charge in [-0.3, -0.25) is 4.39 Å². The highest BCUT2D eigenvalue weighted by Gasteiger charge is 2.27. The summed E-state index contributed by atoms with van der Waals surface area (Å²) in [4.78, 5) is 10.4. The molecule has 3 atom stereocenters. The average Bonchev–Trinajstić information content (AvgIpc) is 2.73. The second kappa shape index (κ2) is 12.2. The van der Waals surface area contributed by atoms with E-state index in [0.29, 0.717) is 18.6 Å². The molecular formula is C23H29FO5. The summed E-state index contributed by atoms with van der Waals surface area (Å²) < 4.78 is 24.5. The molecule has 0 aliphatic carbocycles. The Bertz CT molecular complexity index is 792. The Labute approximate surface area is 170 Å². The molecule has 0 unspecified atom stereocenters. The Morgan fingerprint density at radius 1 is 1.17 bits per heavy atom. The van der Waals surface area contributed by atoms with Crippen molar-refractivity contribution in [3.8, 4) is 5.75 Å². The van der Waals surface area contributed by atoms with Gasteiger partial charge in [-0.1, -0.05) is 49.4 Å². The van der Waals surface area contributed by atoms with E-state index in [-0.39, 0.29) is 25.7 Å². The molecule has 0 amide bonds. The lowest BCUT2D eigenvalue weighted by Crippen LogP contribution is -2.33. The molecule has 0 aromatic heterocycles. The summed E-state index contributed by atoms with van der Waals surface area (Å²) in [5.41, 5.74) is 0. The third kappa shape index (κ3) is 7.48. The maximum atomic E-state index is 13.7. The number of ether oxygens (including phenoxy) is 2. The van der Waals surface area contributed by atoms with Crippen molar-refractivity contribution in [3.05, 3.63) is 54.6 Å². The number of benzene rings is 2. The van der Waals surface area contributed by atoms with Gasteiger partial charge in [0.25, 0.3) is 0 Å². The molecule has 0 heterocycles. The molecule has 0 aliphatic rings. The summed E-state index contributed by atoms with van der Waals surface area (Å²) in [6.45, 7) is 1.28. The molecule has 158 valence electrons. The molecule has 29 heavy (non-hydrogen) atoms. The number of fused-ring (bicyclic) bond motifs is 1. The van der Waals surface area contributed by atoms with Crippen LogP contribution in [0.15, 0.2) is 54.6 Å². The number of carbonyl (C=O) groups is 1. The van der Waals surface area contributed by atoms with E-state index >= 15 is 0 Å². The van der Waals surface area contributed by atoms with E-state index in [9.17, 15) is 14.3 Å². The summed E-state index contributed by atoms with van der Waals surface area (Å²) in [6.07, 6.45) is 3.68. The van der Waals surface area contributed by atoms with Gasteiger partial charge in [-0.25, -0.2) is 4.79 Å². The van der Waals surface area contributed by atoms with Crippen LogP contribution in [0.2, 0.25) is 0 Å². The van der Waals surface area contributed by atoms with Crippen LogP contribution >= 0.6 is 0 Å². The molecule has 6 heteroatoms. The van der Waals surface area contributed by atoms with Crippen molar-refractivity contribution >= 4 is 16.7 Å². The highest BCUT2D eigenvalue weighted by molar-refractivity contribution is 5.83. The number of hydrogen-bond donors (Lipinski definition) is 2. The van der Waals surface area contributed by atoms with Crippen LogP contribution in [0.1, 0.15) is 19.8 Å². The van der Waals surface area contributed by atoms with Crippen molar-refractivity contribution in [3.63, 3.8) is 0 Å². The van der Waals surface area contributed by atoms with Crippen molar-refractivity contribution in [2.45, 2.75) is 25.9 Å². The van der Waals surface area contributed by atoms with E-state index < -0.39 is 24.7 Å². The summed E-state index contributed by atoms with van der Waals surface area (Å²) in [7, 11) is 0. The van der Waals surface area contributed by atoms with E-state index in [1.165, 1.54) is 0 Å². The molecule has 2 aromatic rings. The summed E-state index contributed by atoms with van der Waals surface area (Å²) in [5, 5.41) is 21.1. The quantitative estimate of drug-likeness (QED) is 0.386. The van der Waals surface area contributed by atoms with Crippen LogP contribution in [-0.2, 0) is 9.53 Å². The predicted molar refractivity (Wildman–Crippen MR) is 111 cm³/mol. The minimum Gasteiger partial charge on any atom is -0.493 e. The Morgan fingerprint density at radius 3 is 2.62 bits per heavy atom. The van der Waals surface area contributed by atoms with Gasteiger partial charge in [-0.2, -0.15) is 0 Å². The van der Waals surface area contributed by atoms with Gasteiger partial charge >= 0.3 is 5.97 Å². The summed E-state index contributed by atoms with van der Waals surface area (Å²) >= 11 is 0. The predicted octanol–water partition coefficient (Wildman–Crippen LogP) is 4.24. The average molecular weight is 404 g/mol. The number of aliphatic carboxylic acids is 1. The lowest BCUT2D eigenvalue weighted by molar-refractivity contribution is -0.141. The fourth-order valence-electron chi connectivity index (χ4n) is 3.22. The second-order valence-corrected chi connectivity index (χ2v) is 6.99. The number of allylic oxidation sites excluding steroid dienone is 1. The smallest absolute Gasteiger partial charge is 0.329 e. The number of halogens is 1. The molecule has 0 saturated heterocycles. The number of rotatable bonds is 13. The fourth-order valence-corrected chi connectivity index (χ4v) is 3.22. The molecule has 5 nitrogen and oxygen atoms in total. The van der Waals surface area contributed by atoms with Gasteiger partial charge in [0, 0.05) is 5.92 Å². The highest BCUT2D eigenvalue weighted by atomic mass is 19.1. The molecule has 2 rings (SSSR count). The third-order valence-electron chi connectivity index (χ3n) is 4.92. The van der Waals surface area contributed by atoms with Gasteiger partial charge in [0.1, 0.15) is 12.4 Å². The van der Waals surface area contributed by atoms with Crippen LogP contribution < -0.4 is 4.74 Å². The minimum atomic E-state index is -1.03. The first-order valence-corrected chi connectivity index (χ1v) is 9.85. The van der Waals surface area contributed by atoms with Crippen LogP contribution in [-0.4, -0.2) is 48.8 Å². The topological polar surface area (TPSA) is 76.0 Å². The minimum absolute atomic E-state index is 0.153. The van der Waals surface area contributed by atoms with E-state index in [1.807, 2.05) is 49.4 Å². The van der Waals surface area contributed by atoms with E-state index in [2.05, 4.69) is 0 Å². The van der Waals surface area contributed by atoms with Crippen LogP contribution in [0, 0.1) is 11.8 Å². The van der Waals surface area contributed by atoms with Crippen LogP contribution in [0.5, 0.6) is 5.75 Å². The highest BCUT2D eigenvalue weighted by Crippen LogP contribution is 2.26. The van der Waals surface area contributed by atoms with E-state index in [0.717, 1.165) is 10.8 Å². The number of aliphatic hydroxyl groups excluding tert-OH is 1. The molecule has 0 bridgehead atoms. The second-order valence-electron chi connectivity index (χ2n) is 6.99. The number of carboxylic acid groups (broad SMARTS) is 1. The number of alkyl halides is 1. The number of aliphatic hydroxyl groups is 1. The Kier molecular flexibility index (Phi) is 9.60. The van der Waals surface area contributed by atoms with E-state index in [1.54, 1.807) is 12.2 Å². The molecule has 0 saturated carbocycles. The molecular weight excluding hydrogens is 375 g/mol. The van der Waals surface area contributed by atoms with Gasteiger partial charge in [-0.15, -0.1) is 0 Å². The Morgan fingerprint density at radius 2 is 1.93 bits per heavy atom. The summed E-state index contributed by atoms with van der Waals surface area (Å²) in [5.74, 6) is -1.11. The normalized spacial score (nSPS) is 14.7. The molecule has 0 fully saturated rings. The first-order valence-electron chi connectivity index (χ1n) is 9.85. The standard InChI is InChI=1S/C23H29FO5/c1-2-22(25)21(19(14-24)9-5-6-12-28-16-23(26)27)15-29-20-11-10-17-7-3-4-8-18(17)13-20/h3-8,10-11,13,19,21-22,25H,2,9,12,14-16H2,1H3,(H,26,27)/b6-5-/t19-,21+,22+/m0/s1. The zero-order valence-electron chi connectivity index (χ0n) is 16.7. The van der Waals surface area contributed by atoms with Crippen molar-refractivity contribution in [1.29, 1.82) is 0 Å². The monoisotopic (exact) mass is 404 g/mol. The van der Waals surface area contributed by atoms with Crippen LogP contribution in [0.3, 0.4) is 0 Å². The molecule has 0 spiro atoms. The SMILES string of the molecule is CC[C@@H](O)[C@H](COc1ccc2ccccc2c1)[C@H](CF)C/C=C\COCC(=O)O. The number of carboxylic acids is 1. The van der Waals surface area contributed by atoms with Gasteiger partial charge < -0.3 is 19.7 Å². The van der Waals surface area contributed by atoms with E-state index in [4.69, 9.17) is 14.6 Å². The maximum absolute atomic E-state index is 13.7. The van der Waals surface area contributed by atoms with Crippen molar-refractivity contribution in [1.82, 2.24) is 0 Å². The lowest BCUT2D eigenvalue weighted by Gasteiger charge is -2.28. The molecule has 2 aromatic carbocycles. The van der Waals surface area contributed by atoms with Crippen LogP contribution in [0.4, 0.5) is 4.39 Å². The summed E-state index contributed by atoms with van der Waals surface area (Å²) in [6, 6.07) is 13.7. The molecule has 2 N–H and O–H groups in total. The largest absolute Gasteiger partial charge is 0.493 e. The third-order valence-corrected chi connectivity index (χ3v) is 4.92. The van der Waals surface area contributed by atoms with Crippen molar-refractivity contribution in [2.75, 3.05) is 26.5 Å². The zero-order valence-corrected chi connectivity index (χ0v) is 16.7. The van der Waals surface area contributed by atoms with Crippen molar-refractivity contribution < 1.29 is 28.9 Å². The maximum Gasteiger partial charge on any atom is 0.329 e. The van der Waals surface area contributed by atoms with Gasteiger partial charge in [-0.05, 0) is 41.7 Å². The van der Waals surface area contributed by atoms with Gasteiger partial charge in [0.05, 0.1) is 26.0 Å². The first kappa shape index (κ1) is 22.8. The van der Waals surface area contributed by atoms with Gasteiger partial charge in [0.15, 0.2) is 0 Å². The van der Waals surface area contributed by atoms with Crippen LogP contribution in [0.25, 0.3) is 10.8 Å². The number of hydrogen-bond acceptors (Lipinski definition) is 4. The lowest BCUT2D eigenvalue weighted by atomic mass is 9.85. The van der Waals surface area contributed by atoms with Gasteiger partial charge in [0.2, 0.25) is 0 Å². The first-order chi connectivity index (χ1) is 14.0. The molecule has 0 radical (unpaired) electrons. The fraction of sp³-hybridized carbons (Fsp3) is 0.435. The Hall–Kier alpha value is -2.44. The Balaban J connectivity index is 1.96. The molecule has 0 aliphatic heterocycles. The zero-order chi connectivity index (χ0) is 21.1. The van der Waals surface area contributed by atoms with Crippen molar-refractivity contribution in [2.24, 2.45) is 11.8 Å².